The van der Waals surface area contributed by atoms with Crippen molar-refractivity contribution < 1.29 is 8.78 Å². The number of halogens is 2. The summed E-state index contributed by atoms with van der Waals surface area (Å²) in [6.07, 6.45) is -2.73. The minimum Gasteiger partial charge on any atom is -0.240 e. The number of nitriles is 1. The summed E-state index contributed by atoms with van der Waals surface area (Å²) in [6, 6.07) is 10.3. The molecule has 0 fully saturated rings. The molecule has 0 atom stereocenters. The molecule has 1 aromatic heterocycles. The Morgan fingerprint density at radius 3 is 2.42 bits per heavy atom. The smallest absolute Gasteiger partial charge is 0.240 e. The molecule has 0 spiro atoms. The maximum Gasteiger partial charge on any atom is 0.265 e. The lowest BCUT2D eigenvalue weighted by Crippen LogP contribution is -1.97. The van der Waals surface area contributed by atoms with Crippen molar-refractivity contribution in [3.8, 4) is 17.3 Å². The summed E-state index contributed by atoms with van der Waals surface area (Å²) in [6.45, 7) is 1.94. The number of hydrogen-bond acceptors (Lipinski definition) is 3. The van der Waals surface area contributed by atoms with Crippen LogP contribution < -0.4 is 0 Å². The minimum absolute atomic E-state index is 0.0240. The lowest BCUT2D eigenvalue weighted by molar-refractivity contribution is 0.150. The molecule has 1 aromatic carbocycles. The van der Waals surface area contributed by atoms with Gasteiger partial charge in [-0.05, 0) is 13.0 Å². The van der Waals surface area contributed by atoms with Gasteiger partial charge in [-0.3, -0.25) is 0 Å². The fourth-order valence-corrected chi connectivity index (χ4v) is 2.00. The summed E-state index contributed by atoms with van der Waals surface area (Å²) in [5, 5.41) is 8.90. The molecule has 0 radical (unpaired) electrons. The number of aromatic nitrogens is 1. The Morgan fingerprint density at radius 2 is 1.89 bits per heavy atom. The maximum atomic E-state index is 12.9. The molecule has 2 aromatic rings. The molecule has 0 aliphatic rings. The molecule has 0 unspecified atom stereocenters. The van der Waals surface area contributed by atoms with E-state index in [-0.39, 0.29) is 16.2 Å². The van der Waals surface area contributed by atoms with E-state index in [0.29, 0.717) is 11.3 Å². The molecule has 0 aliphatic carbocycles. The summed E-state index contributed by atoms with van der Waals surface area (Å²) < 4.78 is 25.9. The van der Waals surface area contributed by atoms with E-state index in [1.165, 1.54) is 6.07 Å². The van der Waals surface area contributed by atoms with Gasteiger partial charge in [-0.15, -0.1) is 12.6 Å². The van der Waals surface area contributed by atoms with Crippen LogP contribution in [0.3, 0.4) is 0 Å². The molecule has 0 bridgehead atoms. The highest BCUT2D eigenvalue weighted by Crippen LogP contribution is 2.30. The van der Waals surface area contributed by atoms with Crippen LogP contribution >= 0.6 is 12.6 Å². The van der Waals surface area contributed by atoms with E-state index in [9.17, 15) is 8.78 Å². The Kier molecular flexibility index (Phi) is 3.82. The lowest BCUT2D eigenvalue weighted by Gasteiger charge is -2.09. The maximum absolute atomic E-state index is 12.9. The van der Waals surface area contributed by atoms with E-state index in [4.69, 9.17) is 5.26 Å². The second-order valence-corrected chi connectivity index (χ2v) is 4.50. The Bertz CT molecular complexity index is 646. The SMILES string of the molecule is Cc1ccc(-c2cc(C(F)F)c(C#N)c(S)n2)cc1. The first-order valence-corrected chi connectivity index (χ1v) is 5.97. The zero-order valence-electron chi connectivity index (χ0n) is 10.1. The molecule has 2 nitrogen and oxygen atoms in total. The van der Waals surface area contributed by atoms with Crippen LogP contribution in [0.4, 0.5) is 8.78 Å². The van der Waals surface area contributed by atoms with Crippen molar-refractivity contribution in [2.45, 2.75) is 18.4 Å². The van der Waals surface area contributed by atoms with Gasteiger partial charge in [-0.2, -0.15) is 5.26 Å². The third-order valence-electron chi connectivity index (χ3n) is 2.73. The Labute approximate surface area is 115 Å². The summed E-state index contributed by atoms with van der Waals surface area (Å²) >= 11 is 4.02. The van der Waals surface area contributed by atoms with Crippen LogP contribution in [0.25, 0.3) is 11.3 Å². The van der Waals surface area contributed by atoms with Crippen LogP contribution in [0, 0.1) is 18.3 Å². The van der Waals surface area contributed by atoms with Crippen LogP contribution in [0.15, 0.2) is 35.4 Å². The zero-order chi connectivity index (χ0) is 14.0. The van der Waals surface area contributed by atoms with E-state index >= 15 is 0 Å². The molecule has 0 amide bonds. The molecule has 1 heterocycles. The highest BCUT2D eigenvalue weighted by Gasteiger charge is 2.18. The number of thiol groups is 1. The molecule has 5 heteroatoms. The van der Waals surface area contributed by atoms with Gasteiger partial charge in [-0.25, -0.2) is 13.8 Å². The standard InChI is InChI=1S/C14H10F2N2S/c1-8-2-4-9(5-3-8)12-6-10(13(15)16)11(7-17)14(19)18-12/h2-6,13H,1H3,(H,18,19). The summed E-state index contributed by atoms with van der Waals surface area (Å²) in [5.41, 5.74) is 1.66. The van der Waals surface area contributed by atoms with Crippen LogP contribution in [-0.4, -0.2) is 4.98 Å². The van der Waals surface area contributed by atoms with Crippen molar-refractivity contribution in [3.63, 3.8) is 0 Å². The fraction of sp³-hybridized carbons (Fsp3) is 0.143. The lowest BCUT2D eigenvalue weighted by atomic mass is 10.0. The number of hydrogen-bond donors (Lipinski definition) is 1. The first-order valence-electron chi connectivity index (χ1n) is 5.52. The molecule has 0 saturated heterocycles. The van der Waals surface area contributed by atoms with Gasteiger partial charge in [0.1, 0.15) is 11.1 Å². The van der Waals surface area contributed by atoms with Gasteiger partial charge in [0, 0.05) is 11.1 Å². The van der Waals surface area contributed by atoms with Gasteiger partial charge in [-0.1, -0.05) is 29.8 Å². The van der Waals surface area contributed by atoms with E-state index in [1.807, 2.05) is 19.1 Å². The molecule has 2 rings (SSSR count). The molecule has 96 valence electrons. The molecule has 0 saturated carbocycles. The highest BCUT2D eigenvalue weighted by atomic mass is 32.1. The number of pyridine rings is 1. The van der Waals surface area contributed by atoms with Crippen LogP contribution in [0.1, 0.15) is 23.1 Å². The topological polar surface area (TPSA) is 36.7 Å². The van der Waals surface area contributed by atoms with E-state index in [2.05, 4.69) is 17.6 Å². The molecule has 19 heavy (non-hydrogen) atoms. The van der Waals surface area contributed by atoms with Gasteiger partial charge in [0.05, 0.1) is 11.3 Å². The van der Waals surface area contributed by atoms with Crippen molar-refractivity contribution in [2.75, 3.05) is 0 Å². The molecule has 0 aliphatic heterocycles. The average molecular weight is 276 g/mol. The predicted octanol–water partition coefficient (Wildman–Crippen LogP) is 4.16. The van der Waals surface area contributed by atoms with Crippen LogP contribution in [0.5, 0.6) is 0 Å². The second-order valence-electron chi connectivity index (χ2n) is 4.07. The van der Waals surface area contributed by atoms with Crippen molar-refractivity contribution in [1.29, 1.82) is 5.26 Å². The average Bonchev–Trinajstić information content (AvgIpc) is 2.38. The molecular formula is C14H10F2N2S. The van der Waals surface area contributed by atoms with Crippen LogP contribution in [0.2, 0.25) is 0 Å². The van der Waals surface area contributed by atoms with Gasteiger partial charge in [0.25, 0.3) is 6.43 Å². The number of alkyl halides is 2. The van der Waals surface area contributed by atoms with E-state index < -0.39 is 6.43 Å². The quantitative estimate of drug-likeness (QED) is 0.836. The highest BCUT2D eigenvalue weighted by molar-refractivity contribution is 7.80. The third kappa shape index (κ3) is 2.74. The van der Waals surface area contributed by atoms with Gasteiger partial charge in [0.15, 0.2) is 0 Å². The predicted molar refractivity (Wildman–Crippen MR) is 71.3 cm³/mol. The monoisotopic (exact) mass is 276 g/mol. The molecule has 0 N–H and O–H groups in total. The van der Waals surface area contributed by atoms with Crippen molar-refractivity contribution in [2.24, 2.45) is 0 Å². The largest absolute Gasteiger partial charge is 0.265 e. The molecular weight excluding hydrogens is 266 g/mol. The normalized spacial score (nSPS) is 10.5. The number of aryl methyl sites for hydroxylation is 1. The van der Waals surface area contributed by atoms with Crippen molar-refractivity contribution in [3.05, 3.63) is 47.0 Å². The van der Waals surface area contributed by atoms with Crippen LogP contribution in [-0.2, 0) is 0 Å². The van der Waals surface area contributed by atoms with Gasteiger partial charge >= 0.3 is 0 Å². The number of benzene rings is 1. The van der Waals surface area contributed by atoms with E-state index in [0.717, 1.165) is 5.56 Å². The Hall–Kier alpha value is -1.93. The van der Waals surface area contributed by atoms with E-state index in [1.54, 1.807) is 18.2 Å². The van der Waals surface area contributed by atoms with Gasteiger partial charge in [0.2, 0.25) is 0 Å². The third-order valence-corrected chi connectivity index (χ3v) is 3.05. The number of nitrogens with zero attached hydrogens (tertiary/aromatic N) is 2. The second kappa shape index (κ2) is 5.37. The summed E-state index contributed by atoms with van der Waals surface area (Å²) in [4.78, 5) is 4.10. The Balaban J connectivity index is 2.60. The first kappa shape index (κ1) is 13.5. The minimum atomic E-state index is -2.73. The van der Waals surface area contributed by atoms with Crippen molar-refractivity contribution in [1.82, 2.24) is 4.98 Å². The van der Waals surface area contributed by atoms with Crippen molar-refractivity contribution >= 4 is 12.6 Å². The summed E-state index contributed by atoms with van der Waals surface area (Å²) in [5.74, 6) is 0. The first-order chi connectivity index (χ1) is 9.02. The summed E-state index contributed by atoms with van der Waals surface area (Å²) in [7, 11) is 0. The Morgan fingerprint density at radius 1 is 1.26 bits per heavy atom. The fourth-order valence-electron chi connectivity index (χ4n) is 1.71. The number of rotatable bonds is 2. The zero-order valence-corrected chi connectivity index (χ0v) is 11.0. The van der Waals surface area contributed by atoms with Gasteiger partial charge < -0.3 is 0 Å².